The Bertz CT molecular complexity index is 292. The van der Waals surface area contributed by atoms with Crippen molar-refractivity contribution in [1.82, 2.24) is 0 Å². The second-order valence-corrected chi connectivity index (χ2v) is 3.26. The molecule has 0 saturated heterocycles. The molecular formula is C11H12O. The fraction of sp³-hybridized carbons (Fsp3) is 0.273. The molecule has 0 spiro atoms. The quantitative estimate of drug-likeness (QED) is 0.577. The zero-order valence-corrected chi connectivity index (χ0v) is 6.90. The Kier molecular flexibility index (Phi) is 1.86. The van der Waals surface area contributed by atoms with Crippen molar-refractivity contribution in [3.05, 3.63) is 47.8 Å². The lowest BCUT2D eigenvalue weighted by atomic mass is 9.99. The lowest BCUT2D eigenvalue weighted by molar-refractivity contribution is 0.424. The molecule has 2 bridgehead atoms. The van der Waals surface area contributed by atoms with Gasteiger partial charge in [-0.15, -0.1) is 0 Å². The number of aliphatic hydroxyl groups excluding tert-OH is 1. The summed E-state index contributed by atoms with van der Waals surface area (Å²) in [6.07, 6.45) is 14.1. The number of allylic oxidation sites excluding steroid dienone is 7. The van der Waals surface area contributed by atoms with E-state index < -0.39 is 0 Å². The maximum atomic E-state index is 9.54. The Hall–Kier alpha value is -1.24. The van der Waals surface area contributed by atoms with Gasteiger partial charge in [0.15, 0.2) is 0 Å². The summed E-state index contributed by atoms with van der Waals surface area (Å²) in [6.45, 7) is 0. The highest BCUT2D eigenvalue weighted by Crippen LogP contribution is 2.26. The molecule has 0 saturated carbocycles. The lowest BCUT2D eigenvalue weighted by Gasteiger charge is -2.06. The first kappa shape index (κ1) is 7.41. The fourth-order valence-electron chi connectivity index (χ4n) is 1.62. The molecule has 0 unspecified atom stereocenters. The van der Waals surface area contributed by atoms with E-state index in [4.69, 9.17) is 0 Å². The Balaban J connectivity index is 2.39. The average molecular weight is 160 g/mol. The van der Waals surface area contributed by atoms with Gasteiger partial charge in [0.1, 0.15) is 5.76 Å². The van der Waals surface area contributed by atoms with Gasteiger partial charge in [0.25, 0.3) is 0 Å². The molecule has 2 aliphatic carbocycles. The van der Waals surface area contributed by atoms with E-state index in [2.05, 4.69) is 12.2 Å². The number of fused-ring (bicyclic) bond motifs is 2. The molecule has 0 radical (unpaired) electrons. The monoisotopic (exact) mass is 160 g/mol. The van der Waals surface area contributed by atoms with Crippen LogP contribution in [0.2, 0.25) is 0 Å². The minimum Gasteiger partial charge on any atom is -0.508 e. The van der Waals surface area contributed by atoms with Crippen molar-refractivity contribution in [3.8, 4) is 0 Å². The van der Waals surface area contributed by atoms with Crippen LogP contribution in [0.15, 0.2) is 47.8 Å². The van der Waals surface area contributed by atoms with E-state index in [0.29, 0.717) is 11.7 Å². The van der Waals surface area contributed by atoms with Crippen LogP contribution >= 0.6 is 0 Å². The molecule has 0 aromatic heterocycles. The molecule has 12 heavy (non-hydrogen) atoms. The minimum absolute atomic E-state index is 0.428. The normalized spacial score (nSPS) is 27.2. The van der Waals surface area contributed by atoms with Gasteiger partial charge in [-0.25, -0.2) is 0 Å². The summed E-state index contributed by atoms with van der Waals surface area (Å²) in [5.41, 5.74) is 1.05. The summed E-state index contributed by atoms with van der Waals surface area (Å²) in [5.74, 6) is 0.994. The van der Waals surface area contributed by atoms with Gasteiger partial charge in [-0.05, 0) is 30.4 Å². The SMILES string of the molecule is OC1=C2C=CC=C[C@@H](CC=C1)C2. The Morgan fingerprint density at radius 3 is 3.08 bits per heavy atom. The van der Waals surface area contributed by atoms with Crippen LogP contribution in [0.1, 0.15) is 12.8 Å². The summed E-state index contributed by atoms with van der Waals surface area (Å²) >= 11 is 0. The van der Waals surface area contributed by atoms with Gasteiger partial charge in [-0.3, -0.25) is 0 Å². The zero-order valence-electron chi connectivity index (χ0n) is 6.90. The van der Waals surface area contributed by atoms with Crippen LogP contribution in [0, 0.1) is 5.92 Å². The predicted molar refractivity (Wildman–Crippen MR) is 49.8 cm³/mol. The zero-order chi connectivity index (χ0) is 8.39. The van der Waals surface area contributed by atoms with E-state index in [1.807, 2.05) is 18.2 Å². The van der Waals surface area contributed by atoms with E-state index in [0.717, 1.165) is 18.4 Å². The third-order valence-electron chi connectivity index (χ3n) is 2.32. The van der Waals surface area contributed by atoms with E-state index in [9.17, 15) is 5.11 Å². The molecule has 0 fully saturated rings. The van der Waals surface area contributed by atoms with E-state index in [1.54, 1.807) is 6.08 Å². The number of hydrogen-bond acceptors (Lipinski definition) is 1. The number of hydrogen-bond donors (Lipinski definition) is 1. The summed E-state index contributed by atoms with van der Waals surface area (Å²) in [4.78, 5) is 0. The Morgan fingerprint density at radius 2 is 2.17 bits per heavy atom. The highest BCUT2D eigenvalue weighted by molar-refractivity contribution is 5.34. The first-order chi connectivity index (χ1) is 5.86. The summed E-state index contributed by atoms with van der Waals surface area (Å²) in [6, 6.07) is 0. The maximum Gasteiger partial charge on any atom is 0.118 e. The van der Waals surface area contributed by atoms with E-state index >= 15 is 0 Å². The van der Waals surface area contributed by atoms with Crippen LogP contribution in [-0.2, 0) is 0 Å². The number of rotatable bonds is 0. The van der Waals surface area contributed by atoms with Crippen molar-refractivity contribution in [3.63, 3.8) is 0 Å². The van der Waals surface area contributed by atoms with Gasteiger partial charge in [-0.1, -0.05) is 30.4 Å². The van der Waals surface area contributed by atoms with Gasteiger partial charge < -0.3 is 5.11 Å². The third kappa shape index (κ3) is 1.35. The van der Waals surface area contributed by atoms with Crippen LogP contribution in [0.5, 0.6) is 0 Å². The fourth-order valence-corrected chi connectivity index (χ4v) is 1.62. The largest absolute Gasteiger partial charge is 0.508 e. The van der Waals surface area contributed by atoms with Crippen LogP contribution in [-0.4, -0.2) is 5.11 Å². The second kappa shape index (κ2) is 3.02. The first-order valence-corrected chi connectivity index (χ1v) is 4.30. The maximum absolute atomic E-state index is 9.54. The van der Waals surface area contributed by atoms with Crippen LogP contribution in [0.25, 0.3) is 0 Å². The van der Waals surface area contributed by atoms with Crippen molar-refractivity contribution in [2.45, 2.75) is 12.8 Å². The average Bonchev–Trinajstić information content (AvgIpc) is 2.38. The Labute approximate surface area is 72.4 Å². The summed E-state index contributed by atoms with van der Waals surface area (Å²) < 4.78 is 0. The van der Waals surface area contributed by atoms with Crippen molar-refractivity contribution in [2.75, 3.05) is 0 Å². The van der Waals surface area contributed by atoms with E-state index in [1.165, 1.54) is 0 Å². The highest BCUT2D eigenvalue weighted by atomic mass is 16.3. The van der Waals surface area contributed by atoms with Crippen molar-refractivity contribution < 1.29 is 5.11 Å². The van der Waals surface area contributed by atoms with Crippen LogP contribution in [0.4, 0.5) is 0 Å². The Morgan fingerprint density at radius 1 is 1.25 bits per heavy atom. The van der Waals surface area contributed by atoms with Crippen LogP contribution in [0.3, 0.4) is 0 Å². The molecule has 2 aliphatic rings. The van der Waals surface area contributed by atoms with Crippen molar-refractivity contribution in [2.24, 2.45) is 5.92 Å². The van der Waals surface area contributed by atoms with E-state index in [-0.39, 0.29) is 0 Å². The van der Waals surface area contributed by atoms with Crippen LogP contribution < -0.4 is 0 Å². The molecular weight excluding hydrogens is 148 g/mol. The van der Waals surface area contributed by atoms with Gasteiger partial charge in [-0.2, -0.15) is 0 Å². The van der Waals surface area contributed by atoms with Crippen molar-refractivity contribution >= 4 is 0 Å². The molecule has 0 aromatic rings. The number of aliphatic hydroxyl groups is 1. The molecule has 1 atom stereocenters. The van der Waals surface area contributed by atoms with Crippen molar-refractivity contribution in [1.29, 1.82) is 0 Å². The standard InChI is InChI=1S/C11H12O/c12-11-7-3-5-9-4-1-2-6-10(11)8-9/h1-4,6-7,9,12H,5,8H2/t9-/m0/s1. The molecule has 2 rings (SSSR count). The lowest BCUT2D eigenvalue weighted by Crippen LogP contribution is -1.94. The molecule has 0 amide bonds. The third-order valence-corrected chi connectivity index (χ3v) is 2.32. The highest BCUT2D eigenvalue weighted by Gasteiger charge is 2.12. The van der Waals surface area contributed by atoms with Gasteiger partial charge >= 0.3 is 0 Å². The predicted octanol–water partition coefficient (Wildman–Crippen LogP) is 2.89. The molecule has 1 N–H and O–H groups in total. The molecule has 62 valence electrons. The molecule has 0 aliphatic heterocycles. The topological polar surface area (TPSA) is 20.2 Å². The summed E-state index contributed by atoms with van der Waals surface area (Å²) in [5, 5.41) is 9.54. The summed E-state index contributed by atoms with van der Waals surface area (Å²) in [7, 11) is 0. The minimum atomic E-state index is 0.428. The molecule has 0 heterocycles. The smallest absolute Gasteiger partial charge is 0.118 e. The first-order valence-electron chi connectivity index (χ1n) is 4.30. The van der Waals surface area contributed by atoms with Gasteiger partial charge in [0, 0.05) is 0 Å². The molecule has 1 heteroatoms. The van der Waals surface area contributed by atoms with Gasteiger partial charge in [0.2, 0.25) is 0 Å². The molecule has 1 nitrogen and oxygen atoms in total. The molecule has 0 aromatic carbocycles. The second-order valence-electron chi connectivity index (χ2n) is 3.26. The van der Waals surface area contributed by atoms with Gasteiger partial charge in [0.05, 0.1) is 0 Å².